The Morgan fingerprint density at radius 2 is 2.09 bits per heavy atom. The summed E-state index contributed by atoms with van der Waals surface area (Å²) in [5, 5.41) is 12.1. The number of nitrogens with zero attached hydrogens (tertiary/aromatic N) is 1. The highest BCUT2D eigenvalue weighted by Crippen LogP contribution is 2.11. The van der Waals surface area contributed by atoms with E-state index in [0.717, 1.165) is 0 Å². The number of aromatic nitrogens is 1. The number of hydrogen-bond acceptors (Lipinski definition) is 4. The molecule has 6 heteroatoms. The lowest BCUT2D eigenvalue weighted by Crippen LogP contribution is -2.38. The third kappa shape index (κ3) is 4.82. The number of aliphatic hydroxyl groups excluding tert-OH is 1. The molecular weight excluding hydrogens is 296 g/mol. The van der Waals surface area contributed by atoms with Gasteiger partial charge in [-0.2, -0.15) is 0 Å². The van der Waals surface area contributed by atoms with Gasteiger partial charge in [0.05, 0.1) is 19.2 Å². The van der Waals surface area contributed by atoms with Gasteiger partial charge in [-0.25, -0.2) is 0 Å². The molecule has 1 unspecified atom stereocenters. The minimum atomic E-state index is -0.364. The monoisotopic (exact) mass is 318 g/mol. The molecule has 0 aliphatic rings. The fraction of sp³-hybridized carbons (Fsp3) is 0.412. The van der Waals surface area contributed by atoms with Crippen molar-refractivity contribution in [3.05, 3.63) is 58.4 Å². The van der Waals surface area contributed by atoms with Crippen LogP contribution in [0.1, 0.15) is 36.6 Å². The van der Waals surface area contributed by atoms with Gasteiger partial charge >= 0.3 is 0 Å². The average Bonchev–Trinajstić information content (AvgIpc) is 2.97. The summed E-state index contributed by atoms with van der Waals surface area (Å²) in [7, 11) is 0. The van der Waals surface area contributed by atoms with Gasteiger partial charge < -0.3 is 19.4 Å². The lowest BCUT2D eigenvalue weighted by Gasteiger charge is -2.17. The lowest BCUT2D eigenvalue weighted by molar-refractivity contribution is 0.0878. The molecule has 0 aliphatic carbocycles. The topological polar surface area (TPSA) is 84.5 Å². The molecule has 2 aromatic heterocycles. The van der Waals surface area contributed by atoms with E-state index in [4.69, 9.17) is 4.42 Å². The Balaban J connectivity index is 2.02. The molecule has 0 saturated carbocycles. The van der Waals surface area contributed by atoms with Gasteiger partial charge in [0.2, 0.25) is 0 Å². The number of carbonyl (C=O) groups excluding carboxylic acids is 1. The average molecular weight is 318 g/mol. The molecule has 124 valence electrons. The third-order valence-electron chi connectivity index (χ3n) is 3.42. The van der Waals surface area contributed by atoms with Crippen LogP contribution >= 0.6 is 0 Å². The van der Waals surface area contributed by atoms with Crippen LogP contribution in [0.3, 0.4) is 0 Å². The fourth-order valence-corrected chi connectivity index (χ4v) is 2.35. The molecule has 6 nitrogen and oxygen atoms in total. The lowest BCUT2D eigenvalue weighted by atomic mass is 10.0. The van der Waals surface area contributed by atoms with Gasteiger partial charge in [-0.3, -0.25) is 9.59 Å². The highest BCUT2D eigenvalue weighted by atomic mass is 16.4. The van der Waals surface area contributed by atoms with Crippen LogP contribution in [-0.4, -0.2) is 28.2 Å². The van der Waals surface area contributed by atoms with Gasteiger partial charge in [-0.15, -0.1) is 0 Å². The van der Waals surface area contributed by atoms with Crippen molar-refractivity contribution >= 4 is 5.91 Å². The zero-order valence-corrected chi connectivity index (χ0v) is 13.4. The summed E-state index contributed by atoms with van der Waals surface area (Å²) in [4.78, 5) is 23.8. The summed E-state index contributed by atoms with van der Waals surface area (Å²) in [6.45, 7) is 4.20. The Hall–Kier alpha value is -2.34. The van der Waals surface area contributed by atoms with Crippen molar-refractivity contribution in [1.82, 2.24) is 9.88 Å². The molecule has 0 spiro atoms. The molecule has 2 heterocycles. The minimum Gasteiger partial charge on any atom is -0.454 e. The zero-order valence-electron chi connectivity index (χ0n) is 13.4. The number of amides is 1. The van der Waals surface area contributed by atoms with Crippen molar-refractivity contribution in [3.8, 4) is 0 Å². The molecule has 0 radical (unpaired) electrons. The Morgan fingerprint density at radius 3 is 2.74 bits per heavy atom. The Bertz CT molecular complexity index is 702. The van der Waals surface area contributed by atoms with E-state index in [0.29, 0.717) is 18.1 Å². The SMILES string of the molecule is CC(C)CC(CO)NC(=O)c1ccc(Cn2ccccc2=O)o1. The molecule has 1 amide bonds. The summed E-state index contributed by atoms with van der Waals surface area (Å²) in [5.74, 6) is 0.694. The first-order valence-electron chi connectivity index (χ1n) is 7.65. The van der Waals surface area contributed by atoms with Crippen LogP contribution in [0.15, 0.2) is 45.7 Å². The normalized spacial score (nSPS) is 12.3. The van der Waals surface area contributed by atoms with Crippen molar-refractivity contribution < 1.29 is 14.3 Å². The number of pyridine rings is 1. The first-order chi connectivity index (χ1) is 11.0. The predicted molar refractivity (Wildman–Crippen MR) is 86.3 cm³/mol. The van der Waals surface area contributed by atoms with Crippen molar-refractivity contribution in [2.24, 2.45) is 5.92 Å². The molecule has 0 saturated heterocycles. The Kier molecular flexibility index (Phi) is 5.76. The largest absolute Gasteiger partial charge is 0.454 e. The predicted octanol–water partition coefficient (Wildman–Crippen LogP) is 1.63. The minimum absolute atomic E-state index is 0.114. The number of furan rings is 1. The summed E-state index contributed by atoms with van der Waals surface area (Å²) in [6.07, 6.45) is 2.35. The fourth-order valence-electron chi connectivity index (χ4n) is 2.35. The smallest absolute Gasteiger partial charge is 0.287 e. The molecule has 0 aliphatic heterocycles. The van der Waals surface area contributed by atoms with E-state index in [1.807, 2.05) is 13.8 Å². The van der Waals surface area contributed by atoms with E-state index in [1.54, 1.807) is 30.5 Å². The van der Waals surface area contributed by atoms with Crippen LogP contribution < -0.4 is 10.9 Å². The number of hydrogen-bond donors (Lipinski definition) is 2. The second-order valence-corrected chi connectivity index (χ2v) is 5.92. The van der Waals surface area contributed by atoms with Crippen molar-refractivity contribution in [2.75, 3.05) is 6.61 Å². The molecule has 0 aromatic carbocycles. The van der Waals surface area contributed by atoms with Gasteiger partial charge in [-0.1, -0.05) is 19.9 Å². The molecule has 2 rings (SSSR count). The van der Waals surface area contributed by atoms with Gasteiger partial charge in [-0.05, 0) is 30.5 Å². The molecular formula is C17H22N2O4. The van der Waals surface area contributed by atoms with Crippen molar-refractivity contribution in [1.29, 1.82) is 0 Å². The second-order valence-electron chi connectivity index (χ2n) is 5.92. The van der Waals surface area contributed by atoms with Crippen LogP contribution in [0.2, 0.25) is 0 Å². The van der Waals surface area contributed by atoms with Crippen LogP contribution in [0, 0.1) is 5.92 Å². The second kappa shape index (κ2) is 7.78. The summed E-state index contributed by atoms with van der Waals surface area (Å²) in [5.41, 5.74) is -0.132. The Labute approximate surface area is 134 Å². The van der Waals surface area contributed by atoms with Gasteiger partial charge in [0, 0.05) is 12.3 Å². The molecule has 2 N–H and O–H groups in total. The molecule has 23 heavy (non-hydrogen) atoms. The van der Waals surface area contributed by atoms with Gasteiger partial charge in [0.1, 0.15) is 5.76 Å². The van der Waals surface area contributed by atoms with Crippen LogP contribution in [-0.2, 0) is 6.54 Å². The maximum Gasteiger partial charge on any atom is 0.287 e. The van der Waals surface area contributed by atoms with Crippen LogP contribution in [0.5, 0.6) is 0 Å². The van der Waals surface area contributed by atoms with Gasteiger partial charge in [0.25, 0.3) is 11.5 Å². The van der Waals surface area contributed by atoms with E-state index >= 15 is 0 Å². The molecule has 2 aromatic rings. The van der Waals surface area contributed by atoms with Crippen LogP contribution in [0.25, 0.3) is 0 Å². The standard InChI is InChI=1S/C17H22N2O4/c1-12(2)9-13(11-20)18-17(22)15-7-6-14(23-15)10-19-8-4-3-5-16(19)21/h3-8,12-13,20H,9-11H2,1-2H3,(H,18,22). The molecule has 1 atom stereocenters. The molecule has 0 bridgehead atoms. The van der Waals surface area contributed by atoms with Crippen molar-refractivity contribution in [2.45, 2.75) is 32.9 Å². The zero-order chi connectivity index (χ0) is 16.8. The van der Waals surface area contributed by atoms with Crippen molar-refractivity contribution in [3.63, 3.8) is 0 Å². The summed E-state index contributed by atoms with van der Waals surface area (Å²) >= 11 is 0. The summed E-state index contributed by atoms with van der Waals surface area (Å²) < 4.78 is 7.00. The Morgan fingerprint density at radius 1 is 1.30 bits per heavy atom. The number of rotatable bonds is 7. The third-order valence-corrected chi connectivity index (χ3v) is 3.42. The first-order valence-corrected chi connectivity index (χ1v) is 7.65. The first kappa shape index (κ1) is 17.0. The number of nitrogens with one attached hydrogen (secondary N) is 1. The molecule has 0 fully saturated rings. The quantitative estimate of drug-likeness (QED) is 0.812. The maximum absolute atomic E-state index is 12.1. The van der Waals surface area contributed by atoms with E-state index in [1.165, 1.54) is 10.6 Å². The number of carbonyl (C=O) groups is 1. The van der Waals surface area contributed by atoms with Gasteiger partial charge in [0.15, 0.2) is 5.76 Å². The highest BCUT2D eigenvalue weighted by Gasteiger charge is 2.17. The van der Waals surface area contributed by atoms with E-state index in [2.05, 4.69) is 5.32 Å². The van der Waals surface area contributed by atoms with E-state index in [-0.39, 0.29) is 36.4 Å². The summed E-state index contributed by atoms with van der Waals surface area (Å²) in [6, 6.07) is 7.84. The van der Waals surface area contributed by atoms with E-state index < -0.39 is 0 Å². The van der Waals surface area contributed by atoms with Crippen LogP contribution in [0.4, 0.5) is 0 Å². The number of aliphatic hydroxyl groups is 1. The maximum atomic E-state index is 12.1. The van der Waals surface area contributed by atoms with E-state index in [9.17, 15) is 14.7 Å². The highest BCUT2D eigenvalue weighted by molar-refractivity contribution is 5.91.